The van der Waals surface area contributed by atoms with E-state index in [9.17, 15) is 4.79 Å². The molecule has 6 heteroatoms. The van der Waals surface area contributed by atoms with Gasteiger partial charge in [0.1, 0.15) is 5.71 Å². The van der Waals surface area contributed by atoms with Gasteiger partial charge in [-0.2, -0.15) is 0 Å². The minimum absolute atomic E-state index is 0.313. The van der Waals surface area contributed by atoms with Gasteiger partial charge in [-0.3, -0.25) is 0 Å². The Morgan fingerprint density at radius 3 is 1.83 bits per heavy atom. The van der Waals surface area contributed by atoms with Crippen LogP contribution >= 0.6 is 23.2 Å². The number of benzene rings is 2. The van der Waals surface area contributed by atoms with E-state index in [-0.39, 0.29) is 0 Å². The summed E-state index contributed by atoms with van der Waals surface area (Å²) in [4.78, 5) is 16.3. The zero-order valence-corrected chi connectivity index (χ0v) is 13.9. The minimum atomic E-state index is -1.05. The van der Waals surface area contributed by atoms with Gasteiger partial charge in [0.2, 0.25) is 6.10 Å². The maximum Gasteiger partial charge on any atom is 0.347 e. The number of oxime groups is 1. The number of carboxylic acid groups (broad SMARTS) is 1. The van der Waals surface area contributed by atoms with Gasteiger partial charge in [-0.1, -0.05) is 59.5 Å². The number of nitrogens with zero attached hydrogens (tertiary/aromatic N) is 1. The van der Waals surface area contributed by atoms with E-state index in [1.165, 1.54) is 0 Å². The first-order chi connectivity index (χ1) is 11.0. The van der Waals surface area contributed by atoms with E-state index in [4.69, 9.17) is 33.1 Å². The van der Waals surface area contributed by atoms with Crippen LogP contribution in [0.1, 0.15) is 24.5 Å². The van der Waals surface area contributed by atoms with Crippen molar-refractivity contribution in [3.63, 3.8) is 0 Å². The van der Waals surface area contributed by atoms with E-state index >= 15 is 0 Å². The molecule has 0 bridgehead atoms. The lowest BCUT2D eigenvalue weighted by Gasteiger charge is -2.11. The number of carbonyl (C=O) groups is 1. The summed E-state index contributed by atoms with van der Waals surface area (Å²) in [6.45, 7) is 1.72. The molecule has 1 unspecified atom stereocenters. The van der Waals surface area contributed by atoms with Crippen molar-refractivity contribution in [1.82, 2.24) is 0 Å². The van der Waals surface area contributed by atoms with Crippen molar-refractivity contribution in [2.24, 2.45) is 5.16 Å². The molecule has 0 amide bonds. The van der Waals surface area contributed by atoms with Gasteiger partial charge in [-0.25, -0.2) is 4.79 Å². The standard InChI is InChI=1S/C17H15Cl2NO3/c1-2-15(17(21)22)23-20-16(11-3-7-13(18)8-4-11)12-5-9-14(19)10-6-12/h3-10,15H,2H2,1H3,(H,21,22). The van der Waals surface area contributed by atoms with Crippen LogP contribution in [-0.2, 0) is 9.63 Å². The lowest BCUT2D eigenvalue weighted by atomic mass is 10.0. The largest absolute Gasteiger partial charge is 0.478 e. The second-order valence-corrected chi connectivity index (χ2v) is 5.67. The smallest absolute Gasteiger partial charge is 0.347 e. The van der Waals surface area contributed by atoms with E-state index in [2.05, 4.69) is 5.16 Å². The average Bonchev–Trinajstić information content (AvgIpc) is 2.54. The summed E-state index contributed by atoms with van der Waals surface area (Å²) < 4.78 is 0. The Morgan fingerprint density at radius 1 is 1.04 bits per heavy atom. The van der Waals surface area contributed by atoms with Crippen molar-refractivity contribution in [1.29, 1.82) is 0 Å². The van der Waals surface area contributed by atoms with Gasteiger partial charge in [0.15, 0.2) is 0 Å². The number of hydrogen-bond acceptors (Lipinski definition) is 3. The van der Waals surface area contributed by atoms with E-state index in [0.29, 0.717) is 22.2 Å². The van der Waals surface area contributed by atoms with Crippen molar-refractivity contribution < 1.29 is 14.7 Å². The third kappa shape index (κ3) is 4.71. The molecule has 120 valence electrons. The van der Waals surface area contributed by atoms with Crippen molar-refractivity contribution >= 4 is 34.9 Å². The second-order valence-electron chi connectivity index (χ2n) is 4.79. The average molecular weight is 352 g/mol. The highest BCUT2D eigenvalue weighted by molar-refractivity contribution is 6.31. The lowest BCUT2D eigenvalue weighted by Crippen LogP contribution is -2.21. The maximum absolute atomic E-state index is 11.1. The molecule has 4 nitrogen and oxygen atoms in total. The van der Waals surface area contributed by atoms with Gasteiger partial charge < -0.3 is 9.94 Å². The van der Waals surface area contributed by atoms with E-state index in [1.54, 1.807) is 55.5 Å². The zero-order valence-electron chi connectivity index (χ0n) is 12.4. The summed E-state index contributed by atoms with van der Waals surface area (Å²) in [5, 5.41) is 14.3. The SMILES string of the molecule is CCC(ON=C(c1ccc(Cl)cc1)c1ccc(Cl)cc1)C(=O)O. The number of carboxylic acids is 1. The summed E-state index contributed by atoms with van der Waals surface area (Å²) in [5.74, 6) is -1.05. The molecule has 0 aliphatic rings. The molecule has 0 radical (unpaired) electrons. The molecule has 0 aliphatic heterocycles. The van der Waals surface area contributed by atoms with E-state index in [1.807, 2.05) is 0 Å². The highest BCUT2D eigenvalue weighted by atomic mass is 35.5. The summed E-state index contributed by atoms with van der Waals surface area (Å²) in [7, 11) is 0. The van der Waals surface area contributed by atoms with E-state index in [0.717, 1.165) is 11.1 Å². The van der Waals surface area contributed by atoms with E-state index < -0.39 is 12.1 Å². The molecular formula is C17H15Cl2NO3. The third-order valence-electron chi connectivity index (χ3n) is 3.15. The van der Waals surface area contributed by atoms with Crippen LogP contribution in [0.2, 0.25) is 10.0 Å². The fourth-order valence-electron chi connectivity index (χ4n) is 1.90. The quantitative estimate of drug-likeness (QED) is 0.609. The number of rotatable bonds is 6. The first-order valence-electron chi connectivity index (χ1n) is 6.99. The van der Waals surface area contributed by atoms with Gasteiger partial charge in [0.05, 0.1) is 0 Å². The topological polar surface area (TPSA) is 58.9 Å². The van der Waals surface area contributed by atoms with Gasteiger partial charge in [0.25, 0.3) is 0 Å². The molecule has 0 aromatic heterocycles. The van der Waals surface area contributed by atoms with Crippen LogP contribution in [0.4, 0.5) is 0 Å². The van der Waals surface area contributed by atoms with Gasteiger partial charge >= 0.3 is 5.97 Å². The molecule has 2 rings (SSSR count). The second kappa shape index (κ2) is 7.99. The Morgan fingerprint density at radius 2 is 1.48 bits per heavy atom. The number of aliphatic carboxylic acids is 1. The first kappa shape index (κ1) is 17.3. The fraction of sp³-hybridized carbons (Fsp3) is 0.176. The van der Waals surface area contributed by atoms with Crippen LogP contribution in [0.25, 0.3) is 0 Å². The molecule has 0 aliphatic carbocycles. The summed E-state index contributed by atoms with van der Waals surface area (Å²) in [5.41, 5.74) is 2.03. The van der Waals surface area contributed by atoms with Crippen LogP contribution in [0.15, 0.2) is 53.7 Å². The Bertz CT molecular complexity index is 649. The van der Waals surface area contributed by atoms with Crippen molar-refractivity contribution in [2.45, 2.75) is 19.4 Å². The highest BCUT2D eigenvalue weighted by Crippen LogP contribution is 2.18. The van der Waals surface area contributed by atoms with Crippen LogP contribution in [0, 0.1) is 0 Å². The maximum atomic E-state index is 11.1. The normalized spacial score (nSPS) is 11.6. The molecule has 2 aromatic carbocycles. The molecule has 0 heterocycles. The predicted molar refractivity (Wildman–Crippen MR) is 91.3 cm³/mol. The van der Waals surface area contributed by atoms with Crippen LogP contribution in [0.5, 0.6) is 0 Å². The summed E-state index contributed by atoms with van der Waals surface area (Å²) >= 11 is 11.8. The molecule has 23 heavy (non-hydrogen) atoms. The van der Waals surface area contributed by atoms with Crippen molar-refractivity contribution in [3.05, 3.63) is 69.7 Å². The van der Waals surface area contributed by atoms with Crippen LogP contribution < -0.4 is 0 Å². The molecule has 1 atom stereocenters. The Kier molecular flexibility index (Phi) is 6.02. The summed E-state index contributed by atoms with van der Waals surface area (Å²) in [6.07, 6.45) is -0.683. The molecule has 1 N–H and O–H groups in total. The molecule has 0 saturated carbocycles. The van der Waals surface area contributed by atoms with Gasteiger partial charge in [0, 0.05) is 21.2 Å². The zero-order chi connectivity index (χ0) is 16.8. The molecule has 2 aromatic rings. The minimum Gasteiger partial charge on any atom is -0.478 e. The molecule has 0 saturated heterocycles. The predicted octanol–water partition coefficient (Wildman–Crippen LogP) is 4.63. The Hall–Kier alpha value is -2.04. The lowest BCUT2D eigenvalue weighted by molar-refractivity contribution is -0.150. The first-order valence-corrected chi connectivity index (χ1v) is 7.75. The van der Waals surface area contributed by atoms with Crippen LogP contribution in [0.3, 0.4) is 0 Å². The Labute approximate surface area is 144 Å². The highest BCUT2D eigenvalue weighted by Gasteiger charge is 2.17. The van der Waals surface area contributed by atoms with Crippen molar-refractivity contribution in [3.8, 4) is 0 Å². The number of halogens is 2. The molecule has 0 fully saturated rings. The fourth-order valence-corrected chi connectivity index (χ4v) is 2.15. The van der Waals surface area contributed by atoms with Crippen LogP contribution in [-0.4, -0.2) is 22.9 Å². The van der Waals surface area contributed by atoms with Gasteiger partial charge in [-0.05, 0) is 30.7 Å². The van der Waals surface area contributed by atoms with Gasteiger partial charge in [-0.15, -0.1) is 0 Å². The number of hydrogen-bond donors (Lipinski definition) is 1. The molecular weight excluding hydrogens is 337 g/mol. The van der Waals surface area contributed by atoms with Crippen molar-refractivity contribution in [2.75, 3.05) is 0 Å². The third-order valence-corrected chi connectivity index (χ3v) is 3.66. The monoisotopic (exact) mass is 351 g/mol. The Balaban J connectivity index is 2.40. The molecule has 0 spiro atoms. The summed E-state index contributed by atoms with van der Waals surface area (Å²) in [6, 6.07) is 14.1.